The van der Waals surface area contributed by atoms with Crippen LogP contribution < -0.4 is 5.73 Å². The lowest BCUT2D eigenvalue weighted by atomic mass is 9.94. The summed E-state index contributed by atoms with van der Waals surface area (Å²) < 4.78 is 6.07. The molecule has 108 valence electrons. The number of nitrogens with two attached hydrogens (primary N) is 1. The van der Waals surface area contributed by atoms with Crippen molar-refractivity contribution in [1.82, 2.24) is 4.90 Å². The Kier molecular flexibility index (Phi) is 2.71. The Morgan fingerprint density at radius 2 is 1.95 bits per heavy atom. The highest BCUT2D eigenvalue weighted by Gasteiger charge is 2.45. The van der Waals surface area contributed by atoms with Crippen LogP contribution in [0.2, 0.25) is 0 Å². The van der Waals surface area contributed by atoms with Crippen LogP contribution in [0.1, 0.15) is 62.5 Å². The van der Waals surface area contributed by atoms with Crippen molar-refractivity contribution in [3.63, 3.8) is 0 Å². The molecule has 0 radical (unpaired) electrons. The summed E-state index contributed by atoms with van der Waals surface area (Å²) in [6.45, 7) is 2.25. The van der Waals surface area contributed by atoms with Crippen molar-refractivity contribution in [2.45, 2.75) is 63.1 Å². The second kappa shape index (κ2) is 4.35. The Bertz CT molecular complexity index is 534. The molecule has 3 fully saturated rings. The molecule has 4 heteroatoms. The van der Waals surface area contributed by atoms with Gasteiger partial charge in [-0.15, -0.1) is 0 Å². The lowest BCUT2D eigenvalue weighted by Crippen LogP contribution is -2.49. The molecule has 0 spiro atoms. The van der Waals surface area contributed by atoms with Crippen LogP contribution in [0.5, 0.6) is 0 Å². The van der Waals surface area contributed by atoms with E-state index >= 15 is 0 Å². The molecule has 1 aromatic heterocycles. The highest BCUT2D eigenvalue weighted by molar-refractivity contribution is 5.78. The predicted molar refractivity (Wildman–Crippen MR) is 75.0 cm³/mol. The van der Waals surface area contributed by atoms with Gasteiger partial charge in [-0.2, -0.15) is 0 Å². The molecular formula is C16H22N2O2. The molecule has 0 bridgehead atoms. The summed E-state index contributed by atoms with van der Waals surface area (Å²) in [5, 5.41) is 0. The fourth-order valence-corrected chi connectivity index (χ4v) is 3.52. The van der Waals surface area contributed by atoms with Gasteiger partial charge in [0, 0.05) is 24.4 Å². The number of hydrogen-bond donors (Lipinski definition) is 1. The molecule has 0 aromatic carbocycles. The third-order valence-electron chi connectivity index (χ3n) is 5.04. The smallest absolute Gasteiger partial charge is 0.223 e. The Morgan fingerprint density at radius 3 is 2.60 bits per heavy atom. The summed E-state index contributed by atoms with van der Waals surface area (Å²) in [7, 11) is 0. The molecule has 4 nitrogen and oxygen atoms in total. The van der Waals surface area contributed by atoms with Crippen LogP contribution in [0, 0.1) is 5.92 Å². The Balaban J connectivity index is 1.63. The van der Waals surface area contributed by atoms with Crippen LogP contribution in [-0.4, -0.2) is 22.9 Å². The maximum atomic E-state index is 12.2. The Morgan fingerprint density at radius 1 is 1.25 bits per heavy atom. The maximum absolute atomic E-state index is 12.2. The standard InChI is InChI=1S/C16H22N2O2/c1-9-8-11(9)13-5-6-14(20-13)16-12(17)4-7-15(19)18(16)10-2-3-10/h5-6,9-12,16H,2-4,7-8,17H2,1H3. The maximum Gasteiger partial charge on any atom is 0.223 e. The van der Waals surface area contributed by atoms with Crippen molar-refractivity contribution in [2.75, 3.05) is 0 Å². The number of furan rings is 1. The zero-order chi connectivity index (χ0) is 13.9. The van der Waals surface area contributed by atoms with E-state index < -0.39 is 0 Å². The fourth-order valence-electron chi connectivity index (χ4n) is 3.52. The monoisotopic (exact) mass is 274 g/mol. The van der Waals surface area contributed by atoms with Gasteiger partial charge in [-0.1, -0.05) is 6.92 Å². The first-order valence-corrected chi connectivity index (χ1v) is 7.81. The summed E-state index contributed by atoms with van der Waals surface area (Å²) in [5.74, 6) is 3.53. The number of nitrogens with zero attached hydrogens (tertiary/aromatic N) is 1. The van der Waals surface area contributed by atoms with Gasteiger partial charge in [0.05, 0.1) is 0 Å². The average Bonchev–Trinajstić information content (AvgIpc) is 3.33. The lowest BCUT2D eigenvalue weighted by Gasteiger charge is -2.38. The first kappa shape index (κ1) is 12.5. The topological polar surface area (TPSA) is 59.5 Å². The van der Waals surface area contributed by atoms with Gasteiger partial charge in [0.25, 0.3) is 0 Å². The largest absolute Gasteiger partial charge is 0.464 e. The van der Waals surface area contributed by atoms with Crippen LogP contribution in [0.25, 0.3) is 0 Å². The van der Waals surface area contributed by atoms with Crippen LogP contribution in [0.3, 0.4) is 0 Å². The van der Waals surface area contributed by atoms with Crippen LogP contribution >= 0.6 is 0 Å². The van der Waals surface area contributed by atoms with E-state index in [1.165, 1.54) is 6.42 Å². The normalized spacial score (nSPS) is 37.3. The summed E-state index contributed by atoms with van der Waals surface area (Å²) in [5.41, 5.74) is 6.30. The molecule has 1 aromatic rings. The molecule has 2 saturated carbocycles. The molecule has 3 aliphatic rings. The summed E-state index contributed by atoms with van der Waals surface area (Å²) in [4.78, 5) is 14.2. The molecule has 4 atom stereocenters. The molecule has 1 aliphatic heterocycles. The average molecular weight is 274 g/mol. The van der Waals surface area contributed by atoms with Crippen LogP contribution in [-0.2, 0) is 4.79 Å². The first-order chi connectivity index (χ1) is 9.65. The number of hydrogen-bond acceptors (Lipinski definition) is 3. The molecule has 20 heavy (non-hydrogen) atoms. The Labute approximate surface area is 119 Å². The van der Waals surface area contributed by atoms with Crippen molar-refractivity contribution < 1.29 is 9.21 Å². The molecule has 2 heterocycles. The van der Waals surface area contributed by atoms with E-state index in [0.717, 1.165) is 36.7 Å². The summed E-state index contributed by atoms with van der Waals surface area (Å²) >= 11 is 0. The van der Waals surface area contributed by atoms with E-state index in [1.54, 1.807) is 0 Å². The summed E-state index contributed by atoms with van der Waals surface area (Å²) in [6.07, 6.45) is 4.79. The van der Waals surface area contributed by atoms with Gasteiger partial charge in [0.2, 0.25) is 5.91 Å². The molecule has 4 rings (SSSR count). The first-order valence-electron chi connectivity index (χ1n) is 7.81. The van der Waals surface area contributed by atoms with Gasteiger partial charge in [-0.25, -0.2) is 0 Å². The number of piperidine rings is 1. The van der Waals surface area contributed by atoms with E-state index in [1.807, 2.05) is 11.0 Å². The number of amides is 1. The van der Waals surface area contributed by atoms with Gasteiger partial charge in [-0.05, 0) is 43.7 Å². The molecule has 2 N–H and O–H groups in total. The van der Waals surface area contributed by atoms with Gasteiger partial charge < -0.3 is 15.1 Å². The zero-order valence-electron chi connectivity index (χ0n) is 11.9. The quantitative estimate of drug-likeness (QED) is 0.921. The fraction of sp³-hybridized carbons (Fsp3) is 0.688. The third kappa shape index (κ3) is 1.97. The van der Waals surface area contributed by atoms with Crippen molar-refractivity contribution in [3.05, 3.63) is 23.7 Å². The molecular weight excluding hydrogens is 252 g/mol. The van der Waals surface area contributed by atoms with Crippen LogP contribution in [0.4, 0.5) is 0 Å². The van der Waals surface area contributed by atoms with Crippen LogP contribution in [0.15, 0.2) is 16.5 Å². The summed E-state index contributed by atoms with van der Waals surface area (Å²) in [6, 6.07) is 4.47. The second-order valence-electron chi connectivity index (χ2n) is 6.74. The second-order valence-corrected chi connectivity index (χ2v) is 6.74. The molecule has 4 unspecified atom stereocenters. The van der Waals surface area contributed by atoms with E-state index in [-0.39, 0.29) is 18.0 Å². The minimum atomic E-state index is -0.0495. The van der Waals surface area contributed by atoms with Gasteiger partial charge in [0.15, 0.2) is 0 Å². The number of carbonyl (C=O) groups is 1. The van der Waals surface area contributed by atoms with Crippen molar-refractivity contribution in [2.24, 2.45) is 11.7 Å². The number of carbonyl (C=O) groups excluding carboxylic acids is 1. The lowest BCUT2D eigenvalue weighted by molar-refractivity contribution is -0.138. The van der Waals surface area contributed by atoms with Gasteiger partial charge >= 0.3 is 0 Å². The molecule has 1 amide bonds. The number of rotatable bonds is 3. The highest BCUT2D eigenvalue weighted by atomic mass is 16.3. The van der Waals surface area contributed by atoms with Gasteiger partial charge in [-0.3, -0.25) is 4.79 Å². The molecule has 1 saturated heterocycles. The molecule has 2 aliphatic carbocycles. The highest BCUT2D eigenvalue weighted by Crippen LogP contribution is 2.48. The van der Waals surface area contributed by atoms with Crippen molar-refractivity contribution in [3.8, 4) is 0 Å². The van der Waals surface area contributed by atoms with E-state index in [4.69, 9.17) is 10.2 Å². The minimum Gasteiger partial charge on any atom is -0.464 e. The van der Waals surface area contributed by atoms with Gasteiger partial charge in [0.1, 0.15) is 17.6 Å². The van der Waals surface area contributed by atoms with Crippen molar-refractivity contribution >= 4 is 5.91 Å². The van der Waals surface area contributed by atoms with E-state index in [0.29, 0.717) is 18.4 Å². The van der Waals surface area contributed by atoms with Crippen molar-refractivity contribution in [1.29, 1.82) is 0 Å². The number of likely N-dealkylation sites (tertiary alicyclic amines) is 1. The zero-order valence-corrected chi connectivity index (χ0v) is 11.9. The Hall–Kier alpha value is -1.29. The van der Waals surface area contributed by atoms with E-state index in [2.05, 4.69) is 13.0 Å². The SMILES string of the molecule is CC1CC1c1ccc(C2C(N)CCC(=O)N2C2CC2)o1. The predicted octanol–water partition coefficient (Wildman–Crippen LogP) is 2.56. The third-order valence-corrected chi connectivity index (χ3v) is 5.04. The minimum absolute atomic E-state index is 0.00364. The van der Waals surface area contributed by atoms with E-state index in [9.17, 15) is 4.79 Å².